The Morgan fingerprint density at radius 3 is 2.41 bits per heavy atom. The van der Waals surface area contributed by atoms with Crippen LogP contribution in [0.3, 0.4) is 0 Å². The predicted molar refractivity (Wildman–Crippen MR) is 116 cm³/mol. The van der Waals surface area contributed by atoms with E-state index in [0.717, 1.165) is 11.8 Å². The van der Waals surface area contributed by atoms with E-state index in [1.807, 2.05) is 0 Å². The third-order valence-electron chi connectivity index (χ3n) is 6.14. The Kier molecular flexibility index (Phi) is 5.95. The highest BCUT2D eigenvalue weighted by Gasteiger charge is 2.57. The van der Waals surface area contributed by atoms with Crippen LogP contribution in [0, 0.1) is 0 Å². The monoisotopic (exact) mass is 508 g/mol. The number of fused-ring (bicyclic) bond motifs is 1. The standard InChI is InChI=1S/C21H21Cl2F3N2O3S/c1-32(29,30)14-4-2-13(3-5-14)31-19-16-8-12(22)9-17(23)15(16)10-18(19)28-7-6-20(27,11-28)21(24,25)26/h2-5,8-9,18-19H,6-7,10-11,27H2,1H3/t18-,19-,20?/m0/s1. The molecule has 2 N–H and O–H groups in total. The molecule has 2 aromatic rings. The summed E-state index contributed by atoms with van der Waals surface area (Å²) in [5.41, 5.74) is 4.87. The predicted octanol–water partition coefficient (Wildman–Crippen LogP) is 4.41. The molecular weight excluding hydrogens is 488 g/mol. The maximum absolute atomic E-state index is 13.5. The number of benzene rings is 2. The molecule has 0 aromatic heterocycles. The minimum atomic E-state index is -4.52. The van der Waals surface area contributed by atoms with Gasteiger partial charge in [0, 0.05) is 35.0 Å². The maximum atomic E-state index is 13.5. The van der Waals surface area contributed by atoms with Crippen LogP contribution < -0.4 is 10.5 Å². The SMILES string of the molecule is CS(=O)(=O)c1ccc(O[C@H]2c3cc(Cl)cc(Cl)c3C[C@@H]2N2CCC(N)(C(F)(F)F)C2)cc1. The van der Waals surface area contributed by atoms with Gasteiger partial charge in [-0.05, 0) is 54.8 Å². The lowest BCUT2D eigenvalue weighted by Crippen LogP contribution is -2.56. The summed E-state index contributed by atoms with van der Waals surface area (Å²) in [6.45, 7) is -0.194. The van der Waals surface area contributed by atoms with Crippen LogP contribution in [-0.2, 0) is 16.3 Å². The van der Waals surface area contributed by atoms with Gasteiger partial charge in [-0.15, -0.1) is 0 Å². The molecule has 32 heavy (non-hydrogen) atoms. The van der Waals surface area contributed by atoms with Crippen molar-refractivity contribution >= 4 is 33.0 Å². The first-order chi connectivity index (χ1) is 14.8. The molecule has 1 heterocycles. The second-order valence-corrected chi connectivity index (χ2v) is 11.2. The fraction of sp³-hybridized carbons (Fsp3) is 0.429. The zero-order valence-electron chi connectivity index (χ0n) is 17.0. The third-order valence-corrected chi connectivity index (χ3v) is 7.83. The van der Waals surface area contributed by atoms with Crippen molar-refractivity contribution in [1.29, 1.82) is 0 Å². The molecule has 2 aliphatic rings. The van der Waals surface area contributed by atoms with Gasteiger partial charge < -0.3 is 10.5 Å². The van der Waals surface area contributed by atoms with Gasteiger partial charge in [0.15, 0.2) is 9.84 Å². The summed E-state index contributed by atoms with van der Waals surface area (Å²) in [6.07, 6.45) is -3.91. The van der Waals surface area contributed by atoms with Gasteiger partial charge in [-0.2, -0.15) is 13.2 Å². The molecule has 3 atom stereocenters. The van der Waals surface area contributed by atoms with Gasteiger partial charge in [-0.3, -0.25) is 4.90 Å². The molecule has 11 heteroatoms. The average Bonchev–Trinajstić information content (AvgIpc) is 3.24. The maximum Gasteiger partial charge on any atom is 0.407 e. The summed E-state index contributed by atoms with van der Waals surface area (Å²) in [5, 5.41) is 0.811. The van der Waals surface area contributed by atoms with Gasteiger partial charge >= 0.3 is 6.18 Å². The summed E-state index contributed by atoms with van der Waals surface area (Å²) in [5.74, 6) is 0.380. The number of nitrogens with two attached hydrogens (primary N) is 1. The first-order valence-electron chi connectivity index (χ1n) is 9.83. The molecule has 0 saturated carbocycles. The Morgan fingerprint density at radius 2 is 1.84 bits per heavy atom. The Bertz CT molecular complexity index is 1140. The number of rotatable bonds is 4. The number of ether oxygens (including phenoxy) is 1. The van der Waals surface area contributed by atoms with E-state index in [9.17, 15) is 21.6 Å². The van der Waals surface area contributed by atoms with Crippen molar-refractivity contribution in [3.05, 3.63) is 57.6 Å². The van der Waals surface area contributed by atoms with Crippen LogP contribution in [0.2, 0.25) is 10.0 Å². The van der Waals surface area contributed by atoms with Crippen molar-refractivity contribution in [1.82, 2.24) is 4.90 Å². The highest BCUT2D eigenvalue weighted by atomic mass is 35.5. The van der Waals surface area contributed by atoms with E-state index in [-0.39, 0.29) is 24.4 Å². The molecule has 2 aromatic carbocycles. The van der Waals surface area contributed by atoms with E-state index >= 15 is 0 Å². The Labute approximate surface area is 194 Å². The van der Waals surface area contributed by atoms with Crippen molar-refractivity contribution < 1.29 is 26.3 Å². The average molecular weight is 509 g/mol. The smallest absolute Gasteiger partial charge is 0.407 e. The molecule has 174 valence electrons. The number of hydrogen-bond donors (Lipinski definition) is 1. The largest absolute Gasteiger partial charge is 0.484 e. The van der Waals surface area contributed by atoms with Crippen LogP contribution >= 0.6 is 23.2 Å². The van der Waals surface area contributed by atoms with Crippen LogP contribution in [0.5, 0.6) is 5.75 Å². The topological polar surface area (TPSA) is 72.6 Å². The molecule has 0 spiro atoms. The van der Waals surface area contributed by atoms with E-state index in [4.69, 9.17) is 33.7 Å². The lowest BCUT2D eigenvalue weighted by molar-refractivity contribution is -0.182. The van der Waals surface area contributed by atoms with Crippen molar-refractivity contribution in [2.45, 2.75) is 41.6 Å². The summed E-state index contributed by atoms with van der Waals surface area (Å²) >= 11 is 12.6. The Balaban J connectivity index is 1.67. The molecule has 0 amide bonds. The van der Waals surface area contributed by atoms with Gasteiger partial charge in [0.2, 0.25) is 0 Å². The summed E-state index contributed by atoms with van der Waals surface area (Å²) in [6, 6.07) is 8.73. The van der Waals surface area contributed by atoms with E-state index in [1.165, 1.54) is 24.3 Å². The zero-order chi connectivity index (χ0) is 23.5. The van der Waals surface area contributed by atoms with Gasteiger partial charge in [0.25, 0.3) is 0 Å². The van der Waals surface area contributed by atoms with E-state index < -0.39 is 33.7 Å². The lowest BCUT2D eigenvalue weighted by Gasteiger charge is -2.32. The number of alkyl halides is 3. The summed E-state index contributed by atoms with van der Waals surface area (Å²) in [4.78, 5) is 1.82. The molecule has 4 rings (SSSR count). The molecule has 1 aliphatic heterocycles. The highest BCUT2D eigenvalue weighted by Crippen LogP contribution is 2.45. The fourth-order valence-electron chi connectivity index (χ4n) is 4.37. The molecule has 1 fully saturated rings. The van der Waals surface area contributed by atoms with Crippen molar-refractivity contribution in [2.75, 3.05) is 19.3 Å². The first kappa shape index (κ1) is 23.6. The number of sulfone groups is 1. The third kappa shape index (κ3) is 4.33. The number of nitrogens with zero attached hydrogens (tertiary/aromatic N) is 1. The number of likely N-dealkylation sites (tertiary alicyclic amines) is 1. The summed E-state index contributed by atoms with van der Waals surface area (Å²) in [7, 11) is -3.38. The van der Waals surface area contributed by atoms with Gasteiger partial charge in [-0.25, -0.2) is 8.42 Å². The first-order valence-corrected chi connectivity index (χ1v) is 12.5. The van der Waals surface area contributed by atoms with Crippen molar-refractivity contribution in [3.8, 4) is 5.75 Å². The van der Waals surface area contributed by atoms with E-state index in [2.05, 4.69) is 0 Å². The second-order valence-electron chi connectivity index (χ2n) is 8.38. The second kappa shape index (κ2) is 8.06. The molecule has 0 bridgehead atoms. The number of halogens is 5. The van der Waals surface area contributed by atoms with Crippen LogP contribution in [0.1, 0.15) is 23.7 Å². The van der Waals surface area contributed by atoms with Crippen LogP contribution in [0.15, 0.2) is 41.3 Å². The normalized spacial score (nSPS) is 26.3. The van der Waals surface area contributed by atoms with Gasteiger partial charge in [-0.1, -0.05) is 23.2 Å². The molecule has 1 aliphatic carbocycles. The van der Waals surface area contributed by atoms with Crippen molar-refractivity contribution in [3.63, 3.8) is 0 Å². The van der Waals surface area contributed by atoms with E-state index in [0.29, 0.717) is 27.8 Å². The van der Waals surface area contributed by atoms with Crippen LogP contribution in [-0.4, -0.2) is 50.4 Å². The van der Waals surface area contributed by atoms with Crippen LogP contribution in [0.25, 0.3) is 0 Å². The van der Waals surface area contributed by atoms with E-state index in [1.54, 1.807) is 17.0 Å². The Hall–Kier alpha value is -1.52. The quantitative estimate of drug-likeness (QED) is 0.662. The van der Waals surface area contributed by atoms with Gasteiger partial charge in [0.1, 0.15) is 17.4 Å². The lowest BCUT2D eigenvalue weighted by atomic mass is 10.00. The van der Waals surface area contributed by atoms with Crippen LogP contribution in [0.4, 0.5) is 13.2 Å². The molecular formula is C21H21Cl2F3N2O3S. The molecule has 0 radical (unpaired) electrons. The zero-order valence-corrected chi connectivity index (χ0v) is 19.3. The molecule has 1 saturated heterocycles. The van der Waals surface area contributed by atoms with Gasteiger partial charge in [0.05, 0.1) is 10.9 Å². The number of hydrogen-bond acceptors (Lipinski definition) is 5. The van der Waals surface area contributed by atoms with Crippen molar-refractivity contribution in [2.24, 2.45) is 5.73 Å². The molecule has 1 unspecified atom stereocenters. The highest BCUT2D eigenvalue weighted by molar-refractivity contribution is 7.90. The fourth-order valence-corrected chi connectivity index (χ4v) is 5.59. The molecule has 5 nitrogen and oxygen atoms in total. The Morgan fingerprint density at radius 1 is 1.19 bits per heavy atom. The minimum Gasteiger partial charge on any atom is -0.484 e. The minimum absolute atomic E-state index is 0.136. The summed E-state index contributed by atoms with van der Waals surface area (Å²) < 4.78 is 70.1.